The van der Waals surface area contributed by atoms with Crippen LogP contribution in [0.15, 0.2) is 24.4 Å². The number of carboxylic acids is 1. The lowest BCUT2D eigenvalue weighted by molar-refractivity contribution is -0.133. The zero-order valence-electron chi connectivity index (χ0n) is 5.22. The minimum atomic E-state index is -0.975. The standard InChI is InChI=1S/C6H9NO2/c1-3-4-5(7-2)6(8)9/h3-4,7H,1H2,2H3,(H,8,9)/b5-4-. The van der Waals surface area contributed by atoms with Gasteiger partial charge in [0, 0.05) is 7.05 Å². The Morgan fingerprint density at radius 2 is 2.33 bits per heavy atom. The summed E-state index contributed by atoms with van der Waals surface area (Å²) in [6.45, 7) is 3.35. The van der Waals surface area contributed by atoms with Crippen LogP contribution in [0.5, 0.6) is 0 Å². The number of hydrogen-bond acceptors (Lipinski definition) is 2. The summed E-state index contributed by atoms with van der Waals surface area (Å²) in [5.74, 6) is -0.975. The van der Waals surface area contributed by atoms with Gasteiger partial charge in [0.1, 0.15) is 5.70 Å². The summed E-state index contributed by atoms with van der Waals surface area (Å²) in [6.07, 6.45) is 2.81. The molecule has 0 aromatic heterocycles. The normalized spacial score (nSPS) is 10.6. The molecule has 0 bridgehead atoms. The summed E-state index contributed by atoms with van der Waals surface area (Å²) in [6, 6.07) is 0. The maximum absolute atomic E-state index is 10.1. The highest BCUT2D eigenvalue weighted by Crippen LogP contribution is 1.86. The lowest BCUT2D eigenvalue weighted by Crippen LogP contribution is -2.14. The molecule has 0 saturated carbocycles. The molecule has 0 spiro atoms. The summed E-state index contributed by atoms with van der Waals surface area (Å²) in [4.78, 5) is 10.1. The topological polar surface area (TPSA) is 49.3 Å². The fourth-order valence-corrected chi connectivity index (χ4v) is 0.379. The lowest BCUT2D eigenvalue weighted by Gasteiger charge is -1.95. The highest BCUT2D eigenvalue weighted by atomic mass is 16.4. The molecule has 0 aromatic rings. The second kappa shape index (κ2) is 3.72. The van der Waals surface area contributed by atoms with Crippen molar-refractivity contribution in [3.63, 3.8) is 0 Å². The van der Waals surface area contributed by atoms with Gasteiger partial charge in [0.05, 0.1) is 0 Å². The van der Waals surface area contributed by atoms with Crippen molar-refractivity contribution in [1.82, 2.24) is 5.32 Å². The molecule has 2 N–H and O–H groups in total. The van der Waals surface area contributed by atoms with Crippen molar-refractivity contribution < 1.29 is 9.90 Å². The number of aliphatic carboxylic acids is 1. The van der Waals surface area contributed by atoms with E-state index in [-0.39, 0.29) is 5.70 Å². The number of carbonyl (C=O) groups is 1. The Labute approximate surface area is 53.7 Å². The van der Waals surface area contributed by atoms with Gasteiger partial charge < -0.3 is 10.4 Å². The quantitative estimate of drug-likeness (QED) is 0.425. The van der Waals surface area contributed by atoms with Crippen LogP contribution in [-0.4, -0.2) is 18.1 Å². The molecule has 0 rings (SSSR count). The molecular formula is C6H9NO2. The van der Waals surface area contributed by atoms with Crippen LogP contribution in [0.3, 0.4) is 0 Å². The second-order valence-corrected chi connectivity index (χ2v) is 1.37. The van der Waals surface area contributed by atoms with E-state index in [2.05, 4.69) is 11.9 Å². The van der Waals surface area contributed by atoms with Crippen molar-refractivity contribution in [3.05, 3.63) is 24.4 Å². The zero-order valence-corrected chi connectivity index (χ0v) is 5.22. The monoisotopic (exact) mass is 127 g/mol. The largest absolute Gasteiger partial charge is 0.477 e. The average Bonchev–Trinajstić information content (AvgIpc) is 1.82. The van der Waals surface area contributed by atoms with E-state index in [4.69, 9.17) is 5.11 Å². The second-order valence-electron chi connectivity index (χ2n) is 1.37. The van der Waals surface area contributed by atoms with Crippen molar-refractivity contribution in [3.8, 4) is 0 Å². The number of carboxylic acid groups (broad SMARTS) is 1. The SMILES string of the molecule is C=C/C=C(\NC)C(=O)O. The summed E-state index contributed by atoms with van der Waals surface area (Å²) in [5, 5.41) is 10.8. The molecular weight excluding hydrogens is 118 g/mol. The minimum absolute atomic E-state index is 0.144. The molecule has 9 heavy (non-hydrogen) atoms. The molecule has 0 amide bonds. The Kier molecular flexibility index (Phi) is 3.20. The first-order valence-electron chi connectivity index (χ1n) is 2.46. The summed E-state index contributed by atoms with van der Waals surface area (Å²) >= 11 is 0. The zero-order chi connectivity index (χ0) is 7.28. The van der Waals surface area contributed by atoms with Crippen LogP contribution < -0.4 is 5.32 Å². The van der Waals surface area contributed by atoms with E-state index in [1.807, 2.05) is 0 Å². The van der Waals surface area contributed by atoms with Gasteiger partial charge in [-0.2, -0.15) is 0 Å². The molecule has 0 aliphatic carbocycles. The summed E-state index contributed by atoms with van der Waals surface area (Å²) in [7, 11) is 1.55. The number of likely N-dealkylation sites (N-methyl/N-ethyl adjacent to an activating group) is 1. The predicted octanol–water partition coefficient (Wildman–Crippen LogP) is 0.360. The number of rotatable bonds is 3. The first-order chi connectivity index (χ1) is 4.22. The van der Waals surface area contributed by atoms with Crippen molar-refractivity contribution >= 4 is 5.97 Å². The van der Waals surface area contributed by atoms with Gasteiger partial charge in [-0.3, -0.25) is 0 Å². The number of allylic oxidation sites excluding steroid dienone is 2. The van der Waals surface area contributed by atoms with Crippen LogP contribution >= 0.6 is 0 Å². The first kappa shape index (κ1) is 7.75. The van der Waals surface area contributed by atoms with Crippen LogP contribution in [0.1, 0.15) is 0 Å². The van der Waals surface area contributed by atoms with Gasteiger partial charge in [-0.1, -0.05) is 12.7 Å². The molecule has 0 fully saturated rings. The summed E-state index contributed by atoms with van der Waals surface area (Å²) in [5.41, 5.74) is 0.144. The number of hydrogen-bond donors (Lipinski definition) is 2. The van der Waals surface area contributed by atoms with Gasteiger partial charge in [-0.15, -0.1) is 0 Å². The molecule has 3 heteroatoms. The molecule has 0 saturated heterocycles. The van der Waals surface area contributed by atoms with Gasteiger partial charge >= 0.3 is 5.97 Å². The molecule has 0 aliphatic heterocycles. The molecule has 0 radical (unpaired) electrons. The molecule has 0 unspecified atom stereocenters. The number of nitrogens with one attached hydrogen (secondary N) is 1. The fourth-order valence-electron chi connectivity index (χ4n) is 0.379. The third kappa shape index (κ3) is 2.54. The van der Waals surface area contributed by atoms with Crippen LogP contribution in [0, 0.1) is 0 Å². The molecule has 0 aromatic carbocycles. The van der Waals surface area contributed by atoms with Gasteiger partial charge in [0.25, 0.3) is 0 Å². The Morgan fingerprint density at radius 3 is 2.44 bits per heavy atom. The Bertz CT molecular complexity index is 149. The van der Waals surface area contributed by atoms with Crippen LogP contribution in [0.2, 0.25) is 0 Å². The van der Waals surface area contributed by atoms with Crippen molar-refractivity contribution in [2.45, 2.75) is 0 Å². The van der Waals surface area contributed by atoms with Gasteiger partial charge in [0.15, 0.2) is 0 Å². The fraction of sp³-hybridized carbons (Fsp3) is 0.167. The molecule has 0 atom stereocenters. The van der Waals surface area contributed by atoms with Gasteiger partial charge in [-0.05, 0) is 6.08 Å². The van der Waals surface area contributed by atoms with Crippen LogP contribution in [0.25, 0.3) is 0 Å². The van der Waals surface area contributed by atoms with Crippen LogP contribution in [0.4, 0.5) is 0 Å². The van der Waals surface area contributed by atoms with Crippen molar-refractivity contribution in [2.75, 3.05) is 7.05 Å². The molecule has 50 valence electrons. The summed E-state index contributed by atoms with van der Waals surface area (Å²) < 4.78 is 0. The third-order valence-electron chi connectivity index (χ3n) is 0.784. The van der Waals surface area contributed by atoms with Crippen LogP contribution in [-0.2, 0) is 4.79 Å². The average molecular weight is 127 g/mol. The highest BCUT2D eigenvalue weighted by Gasteiger charge is 1.99. The minimum Gasteiger partial charge on any atom is -0.477 e. The van der Waals surface area contributed by atoms with Gasteiger partial charge in [-0.25, -0.2) is 4.79 Å². The maximum atomic E-state index is 10.1. The molecule has 3 nitrogen and oxygen atoms in total. The van der Waals surface area contributed by atoms with Gasteiger partial charge in [0.2, 0.25) is 0 Å². The Morgan fingerprint density at radius 1 is 1.78 bits per heavy atom. The van der Waals surface area contributed by atoms with E-state index in [1.165, 1.54) is 12.2 Å². The van der Waals surface area contributed by atoms with E-state index in [0.29, 0.717) is 0 Å². The van der Waals surface area contributed by atoms with E-state index >= 15 is 0 Å². The Balaban J connectivity index is 4.14. The third-order valence-corrected chi connectivity index (χ3v) is 0.784. The Hall–Kier alpha value is -1.25. The first-order valence-corrected chi connectivity index (χ1v) is 2.46. The van der Waals surface area contributed by atoms with E-state index in [1.54, 1.807) is 7.05 Å². The lowest BCUT2D eigenvalue weighted by atomic mass is 10.4. The van der Waals surface area contributed by atoms with E-state index in [0.717, 1.165) is 0 Å². The molecule has 0 aliphatic rings. The maximum Gasteiger partial charge on any atom is 0.351 e. The smallest absolute Gasteiger partial charge is 0.351 e. The van der Waals surface area contributed by atoms with E-state index < -0.39 is 5.97 Å². The van der Waals surface area contributed by atoms with Crippen molar-refractivity contribution in [2.24, 2.45) is 0 Å². The van der Waals surface area contributed by atoms with E-state index in [9.17, 15) is 4.79 Å². The molecule has 0 heterocycles. The van der Waals surface area contributed by atoms with Crippen molar-refractivity contribution in [1.29, 1.82) is 0 Å². The highest BCUT2D eigenvalue weighted by molar-refractivity contribution is 5.86. The predicted molar refractivity (Wildman–Crippen MR) is 35.0 cm³/mol.